The molecule has 1 atom stereocenters. The lowest BCUT2D eigenvalue weighted by atomic mass is 10.1. The maximum Gasteiger partial charge on any atom is 0.165 e. The Kier molecular flexibility index (Phi) is 5.01. The van der Waals surface area contributed by atoms with Crippen LogP contribution in [0.1, 0.15) is 23.7 Å². The van der Waals surface area contributed by atoms with Gasteiger partial charge in [-0.2, -0.15) is 0 Å². The van der Waals surface area contributed by atoms with Crippen molar-refractivity contribution in [1.29, 1.82) is 0 Å². The van der Waals surface area contributed by atoms with Gasteiger partial charge in [0.25, 0.3) is 0 Å². The van der Waals surface area contributed by atoms with E-state index in [0.29, 0.717) is 19.6 Å². The van der Waals surface area contributed by atoms with E-state index in [-0.39, 0.29) is 11.9 Å². The molecule has 0 aliphatic rings. The lowest BCUT2D eigenvalue weighted by Crippen LogP contribution is -2.18. The van der Waals surface area contributed by atoms with Gasteiger partial charge in [-0.05, 0) is 6.92 Å². The Morgan fingerprint density at radius 3 is 2.67 bits per heavy atom. The van der Waals surface area contributed by atoms with E-state index in [1.807, 2.05) is 37.3 Å². The van der Waals surface area contributed by atoms with Crippen molar-refractivity contribution < 1.29 is 9.53 Å². The molecule has 0 saturated carbocycles. The summed E-state index contributed by atoms with van der Waals surface area (Å²) in [6, 6.07) is 9.25. The molecule has 0 bridgehead atoms. The van der Waals surface area contributed by atoms with Gasteiger partial charge >= 0.3 is 0 Å². The minimum absolute atomic E-state index is 0.0683. The molecule has 0 amide bonds. The molecule has 2 N–H and O–H groups in total. The molecule has 0 aromatic heterocycles. The van der Waals surface area contributed by atoms with E-state index >= 15 is 0 Å². The van der Waals surface area contributed by atoms with Crippen molar-refractivity contribution in [2.24, 2.45) is 5.73 Å². The van der Waals surface area contributed by atoms with Gasteiger partial charge in [-0.1, -0.05) is 30.3 Å². The molecule has 0 saturated heterocycles. The molecule has 0 aliphatic heterocycles. The Balaban J connectivity index is 2.42. The number of rotatable bonds is 6. The molecule has 15 heavy (non-hydrogen) atoms. The molecule has 1 aromatic rings. The SMILES string of the molecule is CC(CC(=O)c1ccccc1)OCCN. The van der Waals surface area contributed by atoms with Crippen LogP contribution < -0.4 is 5.73 Å². The zero-order valence-electron chi connectivity index (χ0n) is 8.98. The maximum atomic E-state index is 11.7. The number of Topliss-reactive ketones (excluding diaryl/α,β-unsaturated/α-hetero) is 1. The van der Waals surface area contributed by atoms with E-state index in [1.54, 1.807) is 0 Å². The van der Waals surface area contributed by atoms with Crippen LogP contribution in [0.2, 0.25) is 0 Å². The summed E-state index contributed by atoms with van der Waals surface area (Å²) in [6.45, 7) is 2.88. The number of ether oxygens (including phenoxy) is 1. The predicted molar refractivity (Wildman–Crippen MR) is 59.9 cm³/mol. The van der Waals surface area contributed by atoms with Gasteiger partial charge in [-0.3, -0.25) is 4.79 Å². The van der Waals surface area contributed by atoms with Crippen molar-refractivity contribution in [2.75, 3.05) is 13.2 Å². The van der Waals surface area contributed by atoms with Crippen LogP contribution in [0.5, 0.6) is 0 Å². The number of benzene rings is 1. The third-order valence-corrected chi connectivity index (χ3v) is 2.09. The summed E-state index contributed by atoms with van der Waals surface area (Å²) in [7, 11) is 0. The molecular weight excluding hydrogens is 190 g/mol. The van der Waals surface area contributed by atoms with E-state index in [2.05, 4.69) is 0 Å². The van der Waals surface area contributed by atoms with Gasteiger partial charge < -0.3 is 10.5 Å². The number of hydrogen-bond acceptors (Lipinski definition) is 3. The zero-order valence-corrected chi connectivity index (χ0v) is 8.98. The van der Waals surface area contributed by atoms with Crippen LogP contribution in [-0.4, -0.2) is 25.0 Å². The van der Waals surface area contributed by atoms with Crippen LogP contribution in [0.15, 0.2) is 30.3 Å². The van der Waals surface area contributed by atoms with Crippen LogP contribution >= 0.6 is 0 Å². The fourth-order valence-corrected chi connectivity index (χ4v) is 1.33. The van der Waals surface area contributed by atoms with E-state index in [9.17, 15) is 4.79 Å². The molecule has 0 radical (unpaired) electrons. The summed E-state index contributed by atoms with van der Waals surface area (Å²) >= 11 is 0. The average Bonchev–Trinajstić information content (AvgIpc) is 2.27. The molecular formula is C12H17NO2. The lowest BCUT2D eigenvalue weighted by molar-refractivity contribution is 0.0580. The number of hydrogen-bond donors (Lipinski definition) is 1. The van der Waals surface area contributed by atoms with E-state index < -0.39 is 0 Å². The van der Waals surface area contributed by atoms with Crippen molar-refractivity contribution in [1.82, 2.24) is 0 Å². The summed E-state index contributed by atoms with van der Waals surface area (Å²) in [6.07, 6.45) is 0.338. The maximum absolute atomic E-state index is 11.7. The molecule has 1 aromatic carbocycles. The highest BCUT2D eigenvalue weighted by atomic mass is 16.5. The Labute approximate surface area is 90.2 Å². The monoisotopic (exact) mass is 207 g/mol. The fourth-order valence-electron chi connectivity index (χ4n) is 1.33. The quantitative estimate of drug-likeness (QED) is 0.721. The second-order valence-corrected chi connectivity index (χ2v) is 3.46. The standard InChI is InChI=1S/C12H17NO2/c1-10(15-8-7-13)9-12(14)11-5-3-2-4-6-11/h2-6,10H,7-9,13H2,1H3. The third-order valence-electron chi connectivity index (χ3n) is 2.09. The molecule has 3 heteroatoms. The van der Waals surface area contributed by atoms with Gasteiger partial charge in [0.15, 0.2) is 5.78 Å². The van der Waals surface area contributed by atoms with Crippen LogP contribution in [0.3, 0.4) is 0 Å². The van der Waals surface area contributed by atoms with Gasteiger partial charge in [0.1, 0.15) is 0 Å². The summed E-state index contributed by atoms with van der Waals surface area (Å²) in [5, 5.41) is 0. The summed E-state index contributed by atoms with van der Waals surface area (Å²) < 4.78 is 5.34. The van der Waals surface area contributed by atoms with Crippen LogP contribution in [0, 0.1) is 0 Å². The molecule has 3 nitrogen and oxygen atoms in total. The van der Waals surface area contributed by atoms with Crippen molar-refractivity contribution in [3.05, 3.63) is 35.9 Å². The number of carbonyl (C=O) groups excluding carboxylic acids is 1. The molecule has 0 spiro atoms. The summed E-state index contributed by atoms with van der Waals surface area (Å²) in [5.74, 6) is 0.111. The molecule has 0 heterocycles. The van der Waals surface area contributed by atoms with Gasteiger partial charge in [0, 0.05) is 18.5 Å². The number of ketones is 1. The van der Waals surface area contributed by atoms with Crippen molar-refractivity contribution >= 4 is 5.78 Å². The van der Waals surface area contributed by atoms with Gasteiger partial charge in [0.05, 0.1) is 12.7 Å². The molecule has 0 fully saturated rings. The Bertz CT molecular complexity index is 298. The van der Waals surface area contributed by atoms with Crippen LogP contribution in [-0.2, 0) is 4.74 Å². The first kappa shape index (κ1) is 11.9. The Morgan fingerprint density at radius 2 is 2.07 bits per heavy atom. The molecule has 82 valence electrons. The topological polar surface area (TPSA) is 52.3 Å². The molecule has 0 aliphatic carbocycles. The predicted octanol–water partition coefficient (Wildman–Crippen LogP) is 1.62. The first-order valence-corrected chi connectivity index (χ1v) is 5.14. The largest absolute Gasteiger partial charge is 0.377 e. The molecule has 1 rings (SSSR count). The van der Waals surface area contributed by atoms with Gasteiger partial charge in [-0.25, -0.2) is 0 Å². The van der Waals surface area contributed by atoms with Gasteiger partial charge in [-0.15, -0.1) is 0 Å². The average molecular weight is 207 g/mol. The zero-order chi connectivity index (χ0) is 11.1. The highest BCUT2D eigenvalue weighted by Crippen LogP contribution is 2.07. The Morgan fingerprint density at radius 1 is 1.40 bits per heavy atom. The highest BCUT2D eigenvalue weighted by Gasteiger charge is 2.10. The minimum Gasteiger partial charge on any atom is -0.377 e. The van der Waals surface area contributed by atoms with E-state index in [1.165, 1.54) is 0 Å². The van der Waals surface area contributed by atoms with Crippen molar-refractivity contribution in [2.45, 2.75) is 19.4 Å². The van der Waals surface area contributed by atoms with Gasteiger partial charge in [0.2, 0.25) is 0 Å². The molecule has 1 unspecified atom stereocenters. The summed E-state index contributed by atoms with van der Waals surface area (Å²) in [5.41, 5.74) is 6.05. The fraction of sp³-hybridized carbons (Fsp3) is 0.417. The van der Waals surface area contributed by atoms with Crippen LogP contribution in [0.4, 0.5) is 0 Å². The van der Waals surface area contributed by atoms with Crippen LogP contribution in [0.25, 0.3) is 0 Å². The first-order chi connectivity index (χ1) is 7.24. The van der Waals surface area contributed by atoms with Crippen molar-refractivity contribution in [3.63, 3.8) is 0 Å². The minimum atomic E-state index is -0.0683. The Hall–Kier alpha value is -1.19. The lowest BCUT2D eigenvalue weighted by Gasteiger charge is -2.11. The highest BCUT2D eigenvalue weighted by molar-refractivity contribution is 5.96. The first-order valence-electron chi connectivity index (χ1n) is 5.14. The smallest absolute Gasteiger partial charge is 0.165 e. The van der Waals surface area contributed by atoms with E-state index in [0.717, 1.165) is 5.56 Å². The van der Waals surface area contributed by atoms with E-state index in [4.69, 9.17) is 10.5 Å². The van der Waals surface area contributed by atoms with Crippen molar-refractivity contribution in [3.8, 4) is 0 Å². The second-order valence-electron chi connectivity index (χ2n) is 3.46. The summed E-state index contributed by atoms with van der Waals surface area (Å²) in [4.78, 5) is 11.7. The number of nitrogens with two attached hydrogens (primary N) is 1. The second kappa shape index (κ2) is 6.32. The normalized spacial score (nSPS) is 12.4. The third kappa shape index (κ3) is 4.23. The number of carbonyl (C=O) groups is 1.